The predicted octanol–water partition coefficient (Wildman–Crippen LogP) is 3.24. The number of ether oxygens (including phenoxy) is 1. The van der Waals surface area contributed by atoms with Crippen molar-refractivity contribution >= 4 is 17.7 Å². The molecule has 0 saturated carbocycles. The number of carbonyl (C=O) groups is 1. The summed E-state index contributed by atoms with van der Waals surface area (Å²) in [5.41, 5.74) is 0.484. The molecular formula is C16H16FNO2S. The van der Waals surface area contributed by atoms with Crippen LogP contribution in [0.15, 0.2) is 53.4 Å². The van der Waals surface area contributed by atoms with Crippen LogP contribution in [-0.4, -0.2) is 18.8 Å². The van der Waals surface area contributed by atoms with Gasteiger partial charge in [-0.2, -0.15) is 0 Å². The number of carbonyl (C=O) groups excluding carboxylic acids is 1. The maximum absolute atomic E-state index is 13.4. The Bertz CT molecular complexity index is 619. The van der Waals surface area contributed by atoms with Gasteiger partial charge in [0.2, 0.25) is 5.91 Å². The Balaban J connectivity index is 1.81. The topological polar surface area (TPSA) is 38.3 Å². The Kier molecular flexibility index (Phi) is 5.63. The van der Waals surface area contributed by atoms with Crippen LogP contribution in [-0.2, 0) is 11.3 Å². The van der Waals surface area contributed by atoms with Gasteiger partial charge in [-0.05, 0) is 24.3 Å². The molecule has 3 nitrogen and oxygen atoms in total. The molecule has 2 rings (SSSR count). The van der Waals surface area contributed by atoms with Crippen LogP contribution in [0.5, 0.6) is 5.75 Å². The van der Waals surface area contributed by atoms with Crippen molar-refractivity contribution < 1.29 is 13.9 Å². The highest BCUT2D eigenvalue weighted by Gasteiger charge is 2.06. The van der Waals surface area contributed by atoms with Gasteiger partial charge in [0, 0.05) is 17.0 Å². The molecule has 0 atom stereocenters. The number of nitrogens with one attached hydrogen (secondary N) is 1. The molecule has 0 unspecified atom stereocenters. The first kappa shape index (κ1) is 15.4. The van der Waals surface area contributed by atoms with Crippen LogP contribution in [0.25, 0.3) is 0 Å². The van der Waals surface area contributed by atoms with Crippen molar-refractivity contribution in [1.82, 2.24) is 5.32 Å². The molecule has 0 saturated heterocycles. The summed E-state index contributed by atoms with van der Waals surface area (Å²) in [6.45, 7) is 0.199. The summed E-state index contributed by atoms with van der Waals surface area (Å²) in [4.78, 5) is 12.7. The number of amides is 1. The Morgan fingerprint density at radius 1 is 1.24 bits per heavy atom. The molecule has 0 aromatic heterocycles. The summed E-state index contributed by atoms with van der Waals surface area (Å²) in [5, 5.41) is 2.71. The van der Waals surface area contributed by atoms with Crippen LogP contribution in [0.3, 0.4) is 0 Å². The van der Waals surface area contributed by atoms with E-state index in [9.17, 15) is 9.18 Å². The van der Waals surface area contributed by atoms with Crippen LogP contribution < -0.4 is 10.1 Å². The fourth-order valence-electron chi connectivity index (χ4n) is 1.73. The van der Waals surface area contributed by atoms with E-state index in [1.807, 2.05) is 24.3 Å². The number of hydrogen-bond donors (Lipinski definition) is 1. The number of rotatable bonds is 6. The molecule has 0 aliphatic heterocycles. The van der Waals surface area contributed by atoms with Gasteiger partial charge in [0.15, 0.2) is 0 Å². The second-order valence-corrected chi connectivity index (χ2v) is 5.38. The smallest absolute Gasteiger partial charge is 0.230 e. The van der Waals surface area contributed by atoms with Crippen molar-refractivity contribution in [1.29, 1.82) is 0 Å². The zero-order valence-corrected chi connectivity index (χ0v) is 12.5. The number of halogens is 1. The molecule has 0 aliphatic carbocycles. The third-order valence-corrected chi connectivity index (χ3v) is 3.84. The average molecular weight is 305 g/mol. The summed E-state index contributed by atoms with van der Waals surface area (Å²) in [5.74, 6) is 0.595. The standard InChI is InChI=1S/C16H16FNO2S/c1-20-13-6-4-7-14(9-13)21-11-16(19)18-10-12-5-2-3-8-15(12)17/h2-9H,10-11H2,1H3,(H,18,19). The Hall–Kier alpha value is -2.01. The first-order valence-electron chi connectivity index (χ1n) is 6.46. The Morgan fingerprint density at radius 2 is 2.05 bits per heavy atom. The molecule has 110 valence electrons. The molecule has 0 heterocycles. The summed E-state index contributed by atoms with van der Waals surface area (Å²) in [6, 6.07) is 13.9. The van der Waals surface area contributed by atoms with E-state index in [-0.39, 0.29) is 24.0 Å². The fourth-order valence-corrected chi connectivity index (χ4v) is 2.50. The van der Waals surface area contributed by atoms with Crippen LogP contribution in [0.2, 0.25) is 0 Å². The summed E-state index contributed by atoms with van der Waals surface area (Å²) in [7, 11) is 1.60. The van der Waals surface area contributed by atoms with Crippen LogP contribution in [0.1, 0.15) is 5.56 Å². The largest absolute Gasteiger partial charge is 0.497 e. The van der Waals surface area contributed by atoms with Crippen molar-refractivity contribution in [2.45, 2.75) is 11.4 Å². The minimum absolute atomic E-state index is 0.133. The minimum atomic E-state index is -0.307. The van der Waals surface area contributed by atoms with Gasteiger partial charge in [-0.3, -0.25) is 4.79 Å². The minimum Gasteiger partial charge on any atom is -0.497 e. The molecule has 5 heteroatoms. The molecule has 1 N–H and O–H groups in total. The van der Waals surface area contributed by atoms with Gasteiger partial charge >= 0.3 is 0 Å². The van der Waals surface area contributed by atoms with E-state index in [0.29, 0.717) is 5.56 Å². The molecule has 0 bridgehead atoms. The maximum atomic E-state index is 13.4. The molecule has 1 amide bonds. The second-order valence-electron chi connectivity index (χ2n) is 4.34. The Labute approximate surface area is 127 Å². The van der Waals surface area contributed by atoms with Crippen LogP contribution in [0.4, 0.5) is 4.39 Å². The summed E-state index contributed by atoms with van der Waals surface area (Å²) in [6.07, 6.45) is 0. The number of thioether (sulfide) groups is 1. The van der Waals surface area contributed by atoms with Crippen molar-refractivity contribution in [3.05, 3.63) is 59.9 Å². The van der Waals surface area contributed by atoms with Crippen molar-refractivity contribution in [3.8, 4) is 5.75 Å². The van der Waals surface area contributed by atoms with Gasteiger partial charge in [0.05, 0.1) is 12.9 Å². The van der Waals surface area contributed by atoms with E-state index in [4.69, 9.17) is 4.74 Å². The zero-order valence-electron chi connectivity index (χ0n) is 11.6. The second kappa shape index (κ2) is 7.69. The molecular weight excluding hydrogens is 289 g/mol. The molecule has 0 aliphatic rings. The quantitative estimate of drug-likeness (QED) is 0.833. The third kappa shape index (κ3) is 4.79. The highest BCUT2D eigenvalue weighted by Crippen LogP contribution is 2.22. The first-order chi connectivity index (χ1) is 10.2. The highest BCUT2D eigenvalue weighted by atomic mass is 32.2. The first-order valence-corrected chi connectivity index (χ1v) is 7.44. The van der Waals surface area contributed by atoms with E-state index in [0.717, 1.165) is 10.6 Å². The summed E-state index contributed by atoms with van der Waals surface area (Å²) < 4.78 is 18.5. The average Bonchev–Trinajstić information content (AvgIpc) is 2.52. The lowest BCUT2D eigenvalue weighted by molar-refractivity contribution is -0.118. The van der Waals surface area contributed by atoms with Crippen molar-refractivity contribution in [3.63, 3.8) is 0 Å². The van der Waals surface area contributed by atoms with E-state index >= 15 is 0 Å². The van der Waals surface area contributed by atoms with E-state index in [1.54, 1.807) is 25.3 Å². The number of benzene rings is 2. The van der Waals surface area contributed by atoms with Gasteiger partial charge < -0.3 is 10.1 Å². The van der Waals surface area contributed by atoms with Crippen LogP contribution in [0, 0.1) is 5.82 Å². The Morgan fingerprint density at radius 3 is 2.81 bits per heavy atom. The van der Waals surface area contributed by atoms with Crippen molar-refractivity contribution in [2.24, 2.45) is 0 Å². The maximum Gasteiger partial charge on any atom is 0.230 e. The molecule has 0 radical (unpaired) electrons. The monoisotopic (exact) mass is 305 g/mol. The predicted molar refractivity (Wildman–Crippen MR) is 82.0 cm³/mol. The molecule has 0 spiro atoms. The van der Waals surface area contributed by atoms with E-state index in [2.05, 4.69) is 5.32 Å². The van der Waals surface area contributed by atoms with Gasteiger partial charge in [0.25, 0.3) is 0 Å². The van der Waals surface area contributed by atoms with Gasteiger partial charge in [-0.15, -0.1) is 11.8 Å². The molecule has 2 aromatic carbocycles. The van der Waals surface area contributed by atoms with Crippen molar-refractivity contribution in [2.75, 3.05) is 12.9 Å². The molecule has 2 aromatic rings. The van der Waals surface area contributed by atoms with E-state index < -0.39 is 0 Å². The number of hydrogen-bond acceptors (Lipinski definition) is 3. The lowest BCUT2D eigenvalue weighted by Gasteiger charge is -2.07. The van der Waals surface area contributed by atoms with Gasteiger partial charge in [0.1, 0.15) is 11.6 Å². The zero-order chi connectivity index (χ0) is 15.1. The normalized spacial score (nSPS) is 10.2. The molecule has 0 fully saturated rings. The molecule has 21 heavy (non-hydrogen) atoms. The lowest BCUT2D eigenvalue weighted by atomic mass is 10.2. The van der Waals surface area contributed by atoms with E-state index in [1.165, 1.54) is 17.8 Å². The van der Waals surface area contributed by atoms with Gasteiger partial charge in [-0.25, -0.2) is 4.39 Å². The highest BCUT2D eigenvalue weighted by molar-refractivity contribution is 8.00. The van der Waals surface area contributed by atoms with Gasteiger partial charge in [-0.1, -0.05) is 24.3 Å². The third-order valence-electron chi connectivity index (χ3n) is 2.84. The SMILES string of the molecule is COc1cccc(SCC(=O)NCc2ccccc2F)c1. The fraction of sp³-hybridized carbons (Fsp3) is 0.188. The number of methoxy groups -OCH3 is 1. The lowest BCUT2D eigenvalue weighted by Crippen LogP contribution is -2.25. The summed E-state index contributed by atoms with van der Waals surface area (Å²) >= 11 is 1.41. The van der Waals surface area contributed by atoms with Crippen LogP contribution >= 0.6 is 11.8 Å².